The van der Waals surface area contributed by atoms with E-state index in [1.165, 1.54) is 36.1 Å². The van der Waals surface area contributed by atoms with Crippen LogP contribution in [0.15, 0.2) is 29.2 Å². The van der Waals surface area contributed by atoms with E-state index in [2.05, 4.69) is 0 Å². The summed E-state index contributed by atoms with van der Waals surface area (Å²) < 4.78 is 32.9. The Hall–Kier alpha value is -2.13. The van der Waals surface area contributed by atoms with Crippen LogP contribution in [-0.2, 0) is 24.1 Å². The number of benzene rings is 1. The number of carbonyl (C=O) groups is 2. The molecule has 1 aromatic carbocycles. The van der Waals surface area contributed by atoms with E-state index < -0.39 is 34.0 Å². The maximum atomic E-state index is 11.9. The summed E-state index contributed by atoms with van der Waals surface area (Å²) in [7, 11) is -3.30. The molecule has 1 aliphatic rings. The first-order valence-electron chi connectivity index (χ1n) is 6.89. The molecule has 1 unspecified atom stereocenters. The van der Waals surface area contributed by atoms with Crippen LogP contribution in [0.3, 0.4) is 0 Å². The van der Waals surface area contributed by atoms with Gasteiger partial charge in [-0.25, -0.2) is 13.2 Å². The number of nitrogens with zero attached hydrogens (tertiary/aromatic N) is 1. The first kappa shape index (κ1) is 17.2. The highest BCUT2D eigenvalue weighted by atomic mass is 32.2. The van der Waals surface area contributed by atoms with Crippen molar-refractivity contribution >= 4 is 27.6 Å². The molecule has 8 nitrogen and oxygen atoms in total. The van der Waals surface area contributed by atoms with E-state index in [1.54, 1.807) is 0 Å². The van der Waals surface area contributed by atoms with Crippen LogP contribution in [0.2, 0.25) is 0 Å². The quantitative estimate of drug-likeness (QED) is 0.765. The lowest BCUT2D eigenvalue weighted by Gasteiger charge is -2.13. The Morgan fingerprint density at radius 3 is 2.57 bits per heavy atom. The van der Waals surface area contributed by atoms with Crippen LogP contribution in [0.5, 0.6) is 0 Å². The number of rotatable bonds is 5. The molecule has 0 aromatic heterocycles. The Labute approximate surface area is 134 Å². The van der Waals surface area contributed by atoms with Crippen LogP contribution in [-0.4, -0.2) is 52.0 Å². The Balaban J connectivity index is 2.01. The highest BCUT2D eigenvalue weighted by Crippen LogP contribution is 2.23. The van der Waals surface area contributed by atoms with Gasteiger partial charge in [-0.15, -0.1) is 0 Å². The van der Waals surface area contributed by atoms with E-state index in [9.17, 15) is 18.0 Å². The van der Waals surface area contributed by atoms with Crippen molar-refractivity contribution in [3.8, 4) is 0 Å². The molecule has 0 aliphatic carbocycles. The van der Waals surface area contributed by atoms with Gasteiger partial charge in [0.05, 0.1) is 11.4 Å². The maximum Gasteiger partial charge on any atom is 0.414 e. The molecule has 126 valence electrons. The second-order valence-corrected chi connectivity index (χ2v) is 7.32. The zero-order valence-electron chi connectivity index (χ0n) is 12.8. The van der Waals surface area contributed by atoms with Gasteiger partial charge in [-0.05, 0) is 31.2 Å². The third kappa shape index (κ3) is 4.20. The molecule has 1 aliphatic heterocycles. The lowest BCUT2D eigenvalue weighted by molar-refractivity contribution is -0.147. The summed E-state index contributed by atoms with van der Waals surface area (Å²) in [6.07, 6.45) is -0.0756. The molecule has 0 spiro atoms. The molecule has 0 radical (unpaired) electrons. The van der Waals surface area contributed by atoms with Crippen molar-refractivity contribution in [1.29, 1.82) is 0 Å². The Bertz CT molecular complexity index is 698. The molecular formula is C14H18N2O6S. The van der Waals surface area contributed by atoms with Gasteiger partial charge in [0.15, 0.2) is 15.9 Å². The second-order valence-electron chi connectivity index (χ2n) is 5.30. The average molecular weight is 342 g/mol. The predicted octanol–water partition coefficient (Wildman–Crippen LogP) is 0.306. The smallest absolute Gasteiger partial charge is 0.414 e. The molecule has 2 rings (SSSR count). The van der Waals surface area contributed by atoms with Crippen molar-refractivity contribution in [1.82, 2.24) is 0 Å². The fraction of sp³-hybridized carbons (Fsp3) is 0.429. The molecule has 1 aromatic rings. The van der Waals surface area contributed by atoms with Gasteiger partial charge in [0, 0.05) is 11.9 Å². The van der Waals surface area contributed by atoms with Gasteiger partial charge in [-0.1, -0.05) is 0 Å². The Morgan fingerprint density at radius 2 is 2.04 bits per heavy atom. The Kier molecular flexibility index (Phi) is 4.90. The number of amides is 1. The SMILES string of the molecule is C[C@H](N)C(=O)OCC1CN(c2ccc(S(C)(=O)=O)cc2)C(=O)O1. The minimum atomic E-state index is -3.30. The lowest BCUT2D eigenvalue weighted by atomic mass is 10.3. The van der Waals surface area contributed by atoms with E-state index in [0.717, 1.165) is 6.26 Å². The molecule has 0 saturated carbocycles. The second kappa shape index (κ2) is 6.55. The highest BCUT2D eigenvalue weighted by molar-refractivity contribution is 7.90. The predicted molar refractivity (Wildman–Crippen MR) is 81.8 cm³/mol. The summed E-state index contributed by atoms with van der Waals surface area (Å²) in [5.41, 5.74) is 5.88. The van der Waals surface area contributed by atoms with Gasteiger partial charge < -0.3 is 15.2 Å². The number of esters is 1. The molecule has 1 heterocycles. The van der Waals surface area contributed by atoms with E-state index in [0.29, 0.717) is 5.69 Å². The minimum Gasteiger partial charge on any atom is -0.461 e. The van der Waals surface area contributed by atoms with Gasteiger partial charge in [0.25, 0.3) is 0 Å². The van der Waals surface area contributed by atoms with Gasteiger partial charge in [-0.3, -0.25) is 9.69 Å². The first-order chi connectivity index (χ1) is 10.7. The van der Waals surface area contributed by atoms with Gasteiger partial charge in [-0.2, -0.15) is 0 Å². The van der Waals surface area contributed by atoms with Crippen LogP contribution < -0.4 is 10.6 Å². The largest absolute Gasteiger partial charge is 0.461 e. The summed E-state index contributed by atoms with van der Waals surface area (Å²) in [6.45, 7) is 1.62. The van der Waals surface area contributed by atoms with Crippen molar-refractivity contribution in [2.75, 3.05) is 24.3 Å². The zero-order chi connectivity index (χ0) is 17.2. The number of sulfone groups is 1. The summed E-state index contributed by atoms with van der Waals surface area (Å²) in [5.74, 6) is -0.572. The molecular weight excluding hydrogens is 324 g/mol. The van der Waals surface area contributed by atoms with Crippen molar-refractivity contribution in [2.24, 2.45) is 5.73 Å². The van der Waals surface area contributed by atoms with Crippen LogP contribution >= 0.6 is 0 Å². The van der Waals surface area contributed by atoms with Crippen LogP contribution in [0, 0.1) is 0 Å². The summed E-state index contributed by atoms with van der Waals surface area (Å²) in [4.78, 5) is 24.7. The molecule has 1 fully saturated rings. The topological polar surface area (TPSA) is 116 Å². The number of nitrogens with two attached hydrogens (primary N) is 1. The van der Waals surface area contributed by atoms with Crippen LogP contribution in [0.25, 0.3) is 0 Å². The number of carbonyl (C=O) groups excluding carboxylic acids is 2. The maximum absolute atomic E-state index is 11.9. The number of hydrogen-bond donors (Lipinski definition) is 1. The molecule has 23 heavy (non-hydrogen) atoms. The van der Waals surface area contributed by atoms with E-state index in [4.69, 9.17) is 15.2 Å². The summed E-state index contributed by atoms with van der Waals surface area (Å²) in [5, 5.41) is 0. The summed E-state index contributed by atoms with van der Waals surface area (Å²) in [6, 6.07) is 5.14. The first-order valence-corrected chi connectivity index (χ1v) is 8.78. The van der Waals surface area contributed by atoms with Gasteiger partial charge in [0.1, 0.15) is 12.6 Å². The third-order valence-electron chi connectivity index (χ3n) is 3.23. The minimum absolute atomic E-state index is 0.0793. The molecule has 1 saturated heterocycles. The lowest BCUT2D eigenvalue weighted by Crippen LogP contribution is -2.32. The number of ether oxygens (including phenoxy) is 2. The zero-order valence-corrected chi connectivity index (χ0v) is 13.6. The van der Waals surface area contributed by atoms with Crippen molar-refractivity contribution in [3.05, 3.63) is 24.3 Å². The number of hydrogen-bond acceptors (Lipinski definition) is 7. The molecule has 1 amide bonds. The number of anilines is 1. The highest BCUT2D eigenvalue weighted by Gasteiger charge is 2.33. The van der Waals surface area contributed by atoms with Crippen LogP contribution in [0.1, 0.15) is 6.92 Å². The molecule has 0 bridgehead atoms. The van der Waals surface area contributed by atoms with Gasteiger partial charge in [0.2, 0.25) is 0 Å². The van der Waals surface area contributed by atoms with Crippen molar-refractivity contribution in [3.63, 3.8) is 0 Å². The third-order valence-corrected chi connectivity index (χ3v) is 4.36. The molecule has 2 atom stereocenters. The molecule has 2 N–H and O–H groups in total. The van der Waals surface area contributed by atoms with Crippen molar-refractivity contribution in [2.45, 2.75) is 24.0 Å². The fourth-order valence-corrected chi connectivity index (χ4v) is 2.63. The number of cyclic esters (lactones) is 1. The monoisotopic (exact) mass is 342 g/mol. The summed E-state index contributed by atoms with van der Waals surface area (Å²) >= 11 is 0. The fourth-order valence-electron chi connectivity index (χ4n) is 2.00. The van der Waals surface area contributed by atoms with Crippen molar-refractivity contribution < 1.29 is 27.5 Å². The van der Waals surface area contributed by atoms with Crippen LogP contribution in [0.4, 0.5) is 10.5 Å². The average Bonchev–Trinajstić information content (AvgIpc) is 2.85. The molecule has 9 heteroatoms. The standard InChI is InChI=1S/C14H18N2O6S/c1-9(15)13(17)21-8-11-7-16(14(18)22-11)10-3-5-12(6-4-10)23(2,19)20/h3-6,9,11H,7-8,15H2,1-2H3/t9-,11?/m0/s1. The van der Waals surface area contributed by atoms with Gasteiger partial charge >= 0.3 is 12.1 Å². The van der Waals surface area contributed by atoms with E-state index in [1.807, 2.05) is 0 Å². The van der Waals surface area contributed by atoms with E-state index >= 15 is 0 Å². The Morgan fingerprint density at radius 1 is 1.43 bits per heavy atom. The normalized spacial score (nSPS) is 19.3. The van der Waals surface area contributed by atoms with E-state index in [-0.39, 0.29) is 18.0 Å².